The van der Waals surface area contributed by atoms with Crippen molar-refractivity contribution < 1.29 is 0 Å². The van der Waals surface area contributed by atoms with Gasteiger partial charge in [-0.15, -0.1) is 0 Å². The van der Waals surface area contributed by atoms with Crippen molar-refractivity contribution in [1.29, 1.82) is 0 Å². The van der Waals surface area contributed by atoms with E-state index in [0.29, 0.717) is 5.41 Å². The molecule has 2 aliphatic carbocycles. The highest BCUT2D eigenvalue weighted by atomic mass is 79.9. The van der Waals surface area contributed by atoms with Crippen LogP contribution in [0.1, 0.15) is 37.6 Å². The second-order valence-electron chi connectivity index (χ2n) is 6.14. The molecular formula is C14H20Br2N2. The Morgan fingerprint density at radius 2 is 2.06 bits per heavy atom. The van der Waals surface area contributed by atoms with Gasteiger partial charge in [0.25, 0.3) is 0 Å². The topological polar surface area (TPSA) is 17.8 Å². The van der Waals surface area contributed by atoms with Crippen LogP contribution in [0.15, 0.2) is 4.47 Å². The summed E-state index contributed by atoms with van der Waals surface area (Å²) in [4.78, 5) is 0. The van der Waals surface area contributed by atoms with Crippen molar-refractivity contribution in [3.05, 3.63) is 15.9 Å². The van der Waals surface area contributed by atoms with Gasteiger partial charge >= 0.3 is 0 Å². The molecule has 2 unspecified atom stereocenters. The van der Waals surface area contributed by atoms with Crippen LogP contribution < -0.4 is 0 Å². The lowest BCUT2D eigenvalue weighted by atomic mass is 9.80. The molecular weight excluding hydrogens is 356 g/mol. The quantitative estimate of drug-likeness (QED) is 0.716. The van der Waals surface area contributed by atoms with Crippen LogP contribution in [-0.4, -0.2) is 15.1 Å². The van der Waals surface area contributed by atoms with Crippen LogP contribution in [0.25, 0.3) is 0 Å². The minimum absolute atomic E-state index is 0.482. The average molecular weight is 376 g/mol. The smallest absolute Gasteiger partial charge is 0.0738 e. The zero-order chi connectivity index (χ0) is 12.9. The maximum Gasteiger partial charge on any atom is 0.0738 e. The van der Waals surface area contributed by atoms with E-state index >= 15 is 0 Å². The fraction of sp³-hybridized carbons (Fsp3) is 0.786. The zero-order valence-electron chi connectivity index (χ0n) is 11.0. The minimum Gasteiger partial charge on any atom is -0.268 e. The van der Waals surface area contributed by atoms with E-state index < -0.39 is 0 Å². The van der Waals surface area contributed by atoms with Gasteiger partial charge in [-0.2, -0.15) is 5.10 Å². The van der Waals surface area contributed by atoms with Gasteiger partial charge in [-0.3, -0.25) is 4.68 Å². The number of fused-ring (bicyclic) bond motifs is 1. The van der Waals surface area contributed by atoms with Crippen LogP contribution >= 0.6 is 31.9 Å². The van der Waals surface area contributed by atoms with Crippen molar-refractivity contribution in [1.82, 2.24) is 9.78 Å². The van der Waals surface area contributed by atoms with Gasteiger partial charge in [0.1, 0.15) is 0 Å². The van der Waals surface area contributed by atoms with Crippen LogP contribution in [-0.2, 0) is 13.0 Å². The fourth-order valence-electron chi connectivity index (χ4n) is 3.70. The Balaban J connectivity index is 1.87. The Morgan fingerprint density at radius 3 is 2.61 bits per heavy atom. The van der Waals surface area contributed by atoms with Crippen LogP contribution in [0.2, 0.25) is 0 Å². The van der Waals surface area contributed by atoms with E-state index in [1.54, 1.807) is 0 Å². The predicted octanol–water partition coefficient (Wildman–Crippen LogP) is 4.33. The molecule has 2 saturated carbocycles. The molecule has 100 valence electrons. The molecule has 4 heteroatoms. The summed E-state index contributed by atoms with van der Waals surface area (Å²) in [5.41, 5.74) is 3.01. The third kappa shape index (κ3) is 2.09. The Bertz CT molecular complexity index is 457. The lowest BCUT2D eigenvalue weighted by molar-refractivity contribution is 0.299. The van der Waals surface area contributed by atoms with Crippen molar-refractivity contribution in [3.8, 4) is 0 Å². The number of hydrogen-bond acceptors (Lipinski definition) is 1. The average Bonchev–Trinajstić information content (AvgIpc) is 2.90. The van der Waals surface area contributed by atoms with E-state index in [9.17, 15) is 0 Å². The lowest BCUT2D eigenvalue weighted by Crippen LogP contribution is -2.25. The van der Waals surface area contributed by atoms with Crippen molar-refractivity contribution in [2.24, 2.45) is 17.3 Å². The normalized spacial score (nSPS) is 33.8. The molecule has 0 spiro atoms. The van der Waals surface area contributed by atoms with Gasteiger partial charge in [0.2, 0.25) is 0 Å². The Hall–Kier alpha value is 0.170. The highest BCUT2D eigenvalue weighted by Crippen LogP contribution is 2.61. The predicted molar refractivity (Wildman–Crippen MR) is 81.1 cm³/mol. The Labute approximate surface area is 126 Å². The van der Waals surface area contributed by atoms with Gasteiger partial charge in [-0.05, 0) is 72.7 Å². The number of nitrogens with zero attached hydrogens (tertiary/aromatic N) is 2. The number of halogens is 2. The second-order valence-corrected chi connectivity index (χ2v) is 7.49. The molecule has 0 amide bonds. The van der Waals surface area contributed by atoms with E-state index in [-0.39, 0.29) is 0 Å². The SMILES string of the molecule is CCn1nc(C)c(Br)c1CC1(CBr)CC2CC2C1. The molecule has 1 aromatic rings. The zero-order valence-corrected chi connectivity index (χ0v) is 14.2. The van der Waals surface area contributed by atoms with Gasteiger partial charge in [0.15, 0.2) is 0 Å². The fourth-order valence-corrected chi connectivity index (χ4v) is 4.78. The summed E-state index contributed by atoms with van der Waals surface area (Å²) in [5.74, 6) is 2.06. The van der Waals surface area contributed by atoms with Crippen molar-refractivity contribution in [2.45, 2.75) is 46.1 Å². The molecule has 1 heterocycles. The Morgan fingerprint density at radius 1 is 1.39 bits per heavy atom. The first-order chi connectivity index (χ1) is 8.58. The maximum absolute atomic E-state index is 4.62. The van der Waals surface area contributed by atoms with Gasteiger partial charge in [-0.25, -0.2) is 0 Å². The molecule has 0 N–H and O–H groups in total. The molecule has 0 aliphatic heterocycles. The Kier molecular flexibility index (Phi) is 3.38. The molecule has 18 heavy (non-hydrogen) atoms. The third-order valence-electron chi connectivity index (χ3n) is 4.74. The summed E-state index contributed by atoms with van der Waals surface area (Å²) < 4.78 is 3.40. The highest BCUT2D eigenvalue weighted by molar-refractivity contribution is 9.10. The molecule has 2 fully saturated rings. The first-order valence-corrected chi connectivity index (χ1v) is 8.78. The van der Waals surface area contributed by atoms with Crippen LogP contribution in [0.5, 0.6) is 0 Å². The summed E-state index contributed by atoms with van der Waals surface area (Å²) in [6.45, 7) is 5.23. The van der Waals surface area contributed by atoms with Crippen LogP contribution in [0.3, 0.4) is 0 Å². The maximum atomic E-state index is 4.62. The van der Waals surface area contributed by atoms with Crippen molar-refractivity contribution in [2.75, 3.05) is 5.33 Å². The molecule has 0 radical (unpaired) electrons. The summed E-state index contributed by atoms with van der Waals surface area (Å²) >= 11 is 7.50. The number of hydrogen-bond donors (Lipinski definition) is 0. The number of rotatable bonds is 4. The molecule has 0 aromatic carbocycles. The molecule has 2 atom stereocenters. The van der Waals surface area contributed by atoms with Crippen molar-refractivity contribution in [3.63, 3.8) is 0 Å². The summed E-state index contributed by atoms with van der Waals surface area (Å²) in [6, 6.07) is 0. The number of aryl methyl sites for hydroxylation is 2. The molecule has 2 aliphatic rings. The second kappa shape index (κ2) is 4.62. The summed E-state index contributed by atoms with van der Waals surface area (Å²) in [7, 11) is 0. The van der Waals surface area contributed by atoms with Gasteiger partial charge in [-0.1, -0.05) is 15.9 Å². The molecule has 3 rings (SSSR count). The summed E-state index contributed by atoms with van der Waals surface area (Å²) in [6.07, 6.45) is 5.47. The van der Waals surface area contributed by atoms with E-state index in [1.165, 1.54) is 35.8 Å². The summed E-state index contributed by atoms with van der Waals surface area (Å²) in [5, 5.41) is 5.75. The number of alkyl halides is 1. The van der Waals surface area contributed by atoms with E-state index in [0.717, 1.165) is 29.4 Å². The monoisotopic (exact) mass is 374 g/mol. The van der Waals surface area contributed by atoms with Crippen LogP contribution in [0, 0.1) is 24.2 Å². The molecule has 0 bridgehead atoms. The van der Waals surface area contributed by atoms with Gasteiger partial charge < -0.3 is 0 Å². The first kappa shape index (κ1) is 13.2. The van der Waals surface area contributed by atoms with Crippen molar-refractivity contribution >= 4 is 31.9 Å². The highest BCUT2D eigenvalue weighted by Gasteiger charge is 2.53. The number of aromatic nitrogens is 2. The van der Waals surface area contributed by atoms with E-state index in [4.69, 9.17) is 0 Å². The van der Waals surface area contributed by atoms with Crippen LogP contribution in [0.4, 0.5) is 0 Å². The van der Waals surface area contributed by atoms with Gasteiger partial charge in [0.05, 0.1) is 15.9 Å². The molecule has 1 aromatic heterocycles. The largest absolute Gasteiger partial charge is 0.268 e. The van der Waals surface area contributed by atoms with E-state index in [2.05, 4.69) is 55.5 Å². The molecule has 2 nitrogen and oxygen atoms in total. The lowest BCUT2D eigenvalue weighted by Gasteiger charge is -2.29. The molecule has 0 saturated heterocycles. The van der Waals surface area contributed by atoms with E-state index in [1.807, 2.05) is 0 Å². The standard InChI is InChI=1S/C14H20Br2N2/c1-3-18-12(13(16)9(2)17-18)7-14(8-15)5-10-4-11(10)6-14/h10-11H,3-8H2,1-2H3. The first-order valence-electron chi connectivity index (χ1n) is 6.86. The minimum atomic E-state index is 0.482. The third-order valence-corrected chi connectivity index (χ3v) is 6.96. The van der Waals surface area contributed by atoms with Gasteiger partial charge in [0, 0.05) is 11.9 Å².